The van der Waals surface area contributed by atoms with Crippen molar-refractivity contribution in [1.82, 2.24) is 4.90 Å². The van der Waals surface area contributed by atoms with E-state index in [0.29, 0.717) is 6.61 Å². The van der Waals surface area contributed by atoms with Crippen LogP contribution in [0.3, 0.4) is 0 Å². The maximum Gasteiger partial charge on any atom is 0.310 e. The Morgan fingerprint density at radius 1 is 1.38 bits per heavy atom. The minimum absolute atomic E-state index is 0.0353. The molecule has 0 spiro atoms. The summed E-state index contributed by atoms with van der Waals surface area (Å²) in [6.07, 6.45) is 4.24. The Bertz CT molecular complexity index is 481. The molecule has 0 amide bonds. The average molecular weight is 287 g/mol. The summed E-state index contributed by atoms with van der Waals surface area (Å²) < 4.78 is 5.15. The molecule has 0 radical (unpaired) electrons. The van der Waals surface area contributed by atoms with Crippen LogP contribution in [0.5, 0.6) is 0 Å². The third-order valence-electron chi connectivity index (χ3n) is 3.81. The summed E-state index contributed by atoms with van der Waals surface area (Å²) in [7, 11) is 0. The van der Waals surface area contributed by atoms with Gasteiger partial charge in [0.25, 0.3) is 0 Å². The van der Waals surface area contributed by atoms with Gasteiger partial charge in [0.05, 0.1) is 12.5 Å². The Labute approximate surface area is 127 Å². The van der Waals surface area contributed by atoms with Crippen LogP contribution in [0.4, 0.5) is 0 Å². The zero-order valence-electron chi connectivity index (χ0n) is 13.0. The van der Waals surface area contributed by atoms with Crippen LogP contribution in [0.2, 0.25) is 0 Å². The van der Waals surface area contributed by atoms with E-state index in [1.165, 1.54) is 11.1 Å². The number of hydrogen-bond donors (Lipinski definition) is 0. The fraction of sp³-hybridized carbons (Fsp3) is 0.500. The monoisotopic (exact) mass is 287 g/mol. The predicted octanol–water partition coefficient (Wildman–Crippen LogP) is 3.37. The van der Waals surface area contributed by atoms with E-state index in [9.17, 15) is 4.79 Å². The van der Waals surface area contributed by atoms with Crippen molar-refractivity contribution < 1.29 is 9.53 Å². The maximum atomic E-state index is 11.9. The highest BCUT2D eigenvalue weighted by Crippen LogP contribution is 2.19. The molecule has 1 saturated heterocycles. The molecule has 1 aromatic carbocycles. The number of esters is 1. The van der Waals surface area contributed by atoms with Crippen molar-refractivity contribution in [3.8, 4) is 0 Å². The van der Waals surface area contributed by atoms with E-state index in [0.717, 1.165) is 32.5 Å². The Hall–Kier alpha value is -1.61. The summed E-state index contributed by atoms with van der Waals surface area (Å²) in [5.74, 6) is 0.00937. The van der Waals surface area contributed by atoms with Crippen LogP contribution < -0.4 is 0 Å². The summed E-state index contributed by atoms with van der Waals surface area (Å²) in [6.45, 7) is 7.30. The largest absolute Gasteiger partial charge is 0.466 e. The number of benzene rings is 1. The van der Waals surface area contributed by atoms with Crippen molar-refractivity contribution in [2.45, 2.75) is 26.7 Å². The molecule has 0 aliphatic carbocycles. The number of hydrogen-bond acceptors (Lipinski definition) is 3. The number of carbonyl (C=O) groups excluding carboxylic acids is 1. The van der Waals surface area contributed by atoms with E-state index in [1.807, 2.05) is 13.0 Å². The summed E-state index contributed by atoms with van der Waals surface area (Å²) in [6, 6.07) is 10.4. The van der Waals surface area contributed by atoms with E-state index in [2.05, 4.69) is 42.2 Å². The van der Waals surface area contributed by atoms with Gasteiger partial charge in [0.1, 0.15) is 0 Å². The zero-order chi connectivity index (χ0) is 15.1. The van der Waals surface area contributed by atoms with Crippen molar-refractivity contribution in [3.05, 3.63) is 41.5 Å². The van der Waals surface area contributed by atoms with Crippen molar-refractivity contribution in [2.24, 2.45) is 5.92 Å². The lowest BCUT2D eigenvalue weighted by atomic mass is 9.97. The van der Waals surface area contributed by atoms with Crippen LogP contribution in [0.15, 0.2) is 35.9 Å². The van der Waals surface area contributed by atoms with Gasteiger partial charge in [0.15, 0.2) is 0 Å². The van der Waals surface area contributed by atoms with Crippen LogP contribution in [0, 0.1) is 5.92 Å². The van der Waals surface area contributed by atoms with Gasteiger partial charge in [-0.15, -0.1) is 0 Å². The third-order valence-corrected chi connectivity index (χ3v) is 3.81. The fourth-order valence-corrected chi connectivity index (χ4v) is 2.88. The molecule has 3 heteroatoms. The second kappa shape index (κ2) is 7.99. The van der Waals surface area contributed by atoms with Gasteiger partial charge >= 0.3 is 5.97 Å². The molecule has 1 fully saturated rings. The first-order valence-electron chi connectivity index (χ1n) is 7.80. The Morgan fingerprint density at radius 2 is 2.14 bits per heavy atom. The third kappa shape index (κ3) is 5.01. The molecule has 1 aliphatic rings. The van der Waals surface area contributed by atoms with Crippen LogP contribution in [-0.4, -0.2) is 37.1 Å². The molecule has 1 aliphatic heterocycles. The van der Waals surface area contributed by atoms with Crippen LogP contribution in [0.1, 0.15) is 32.3 Å². The second-order valence-electron chi connectivity index (χ2n) is 5.73. The molecule has 1 heterocycles. The average Bonchev–Trinajstić information content (AvgIpc) is 2.48. The SMILES string of the molecule is CCOC(=O)C1CCCN(CC(C)=Cc2ccccc2)C1. The van der Waals surface area contributed by atoms with E-state index in [1.54, 1.807) is 0 Å². The highest BCUT2D eigenvalue weighted by Gasteiger charge is 2.26. The van der Waals surface area contributed by atoms with Gasteiger partial charge in [-0.3, -0.25) is 9.69 Å². The van der Waals surface area contributed by atoms with Crippen molar-refractivity contribution in [2.75, 3.05) is 26.2 Å². The van der Waals surface area contributed by atoms with E-state index in [-0.39, 0.29) is 11.9 Å². The summed E-state index contributed by atoms with van der Waals surface area (Å²) in [5.41, 5.74) is 2.56. The molecule has 3 nitrogen and oxygen atoms in total. The highest BCUT2D eigenvalue weighted by molar-refractivity contribution is 5.72. The highest BCUT2D eigenvalue weighted by atomic mass is 16.5. The molecule has 0 bridgehead atoms. The van der Waals surface area contributed by atoms with Gasteiger partial charge in [0.2, 0.25) is 0 Å². The lowest BCUT2D eigenvalue weighted by molar-refractivity contribution is -0.149. The van der Waals surface area contributed by atoms with Crippen molar-refractivity contribution in [1.29, 1.82) is 0 Å². The molecular weight excluding hydrogens is 262 g/mol. The van der Waals surface area contributed by atoms with Gasteiger partial charge in [-0.2, -0.15) is 0 Å². The molecule has 1 aromatic rings. The minimum atomic E-state index is -0.0353. The van der Waals surface area contributed by atoms with Crippen molar-refractivity contribution >= 4 is 12.0 Å². The van der Waals surface area contributed by atoms with Gasteiger partial charge in [-0.05, 0) is 38.8 Å². The number of ether oxygens (including phenoxy) is 1. The first-order chi connectivity index (χ1) is 10.2. The molecule has 2 rings (SSSR count). The maximum absolute atomic E-state index is 11.9. The summed E-state index contributed by atoms with van der Waals surface area (Å²) >= 11 is 0. The first kappa shape index (κ1) is 15.8. The van der Waals surface area contributed by atoms with Crippen LogP contribution >= 0.6 is 0 Å². The Balaban J connectivity index is 1.90. The van der Waals surface area contributed by atoms with E-state index >= 15 is 0 Å². The van der Waals surface area contributed by atoms with Gasteiger partial charge in [0, 0.05) is 13.1 Å². The summed E-state index contributed by atoms with van der Waals surface area (Å²) in [5, 5.41) is 0. The molecule has 114 valence electrons. The predicted molar refractivity (Wildman–Crippen MR) is 85.9 cm³/mol. The number of nitrogens with zero attached hydrogens (tertiary/aromatic N) is 1. The lowest BCUT2D eigenvalue weighted by Crippen LogP contribution is -2.40. The normalized spacial score (nSPS) is 20.3. The van der Waals surface area contributed by atoms with Gasteiger partial charge in [-0.25, -0.2) is 0 Å². The molecule has 1 unspecified atom stereocenters. The molecule has 0 saturated carbocycles. The summed E-state index contributed by atoms with van der Waals surface area (Å²) in [4.78, 5) is 14.2. The second-order valence-corrected chi connectivity index (χ2v) is 5.73. The fourth-order valence-electron chi connectivity index (χ4n) is 2.88. The number of rotatable bonds is 5. The topological polar surface area (TPSA) is 29.5 Å². The molecule has 0 aromatic heterocycles. The van der Waals surface area contributed by atoms with E-state index in [4.69, 9.17) is 4.74 Å². The quantitative estimate of drug-likeness (QED) is 0.778. The molecule has 1 atom stereocenters. The Kier molecular flexibility index (Phi) is 6.00. The van der Waals surface area contributed by atoms with Crippen LogP contribution in [-0.2, 0) is 9.53 Å². The number of likely N-dealkylation sites (tertiary alicyclic amines) is 1. The van der Waals surface area contributed by atoms with Crippen LogP contribution in [0.25, 0.3) is 6.08 Å². The first-order valence-corrected chi connectivity index (χ1v) is 7.80. The molecule has 0 N–H and O–H groups in total. The van der Waals surface area contributed by atoms with Gasteiger partial charge in [-0.1, -0.05) is 42.0 Å². The van der Waals surface area contributed by atoms with E-state index < -0.39 is 0 Å². The molecule has 21 heavy (non-hydrogen) atoms. The molecular formula is C18H25NO2. The smallest absolute Gasteiger partial charge is 0.310 e. The lowest BCUT2D eigenvalue weighted by Gasteiger charge is -2.31. The number of piperidine rings is 1. The Morgan fingerprint density at radius 3 is 2.86 bits per heavy atom. The zero-order valence-corrected chi connectivity index (χ0v) is 13.0. The van der Waals surface area contributed by atoms with Gasteiger partial charge < -0.3 is 4.74 Å². The van der Waals surface area contributed by atoms with Crippen molar-refractivity contribution in [3.63, 3.8) is 0 Å². The minimum Gasteiger partial charge on any atom is -0.466 e. The standard InChI is InChI=1S/C18H25NO2/c1-3-21-18(20)17-10-7-11-19(14-17)13-15(2)12-16-8-5-4-6-9-16/h4-6,8-9,12,17H,3,7,10-11,13-14H2,1-2H3. The number of carbonyl (C=O) groups is 1.